The molecule has 1 amide bonds. The first kappa shape index (κ1) is 21.4. The second-order valence-corrected chi connectivity index (χ2v) is 8.59. The quantitative estimate of drug-likeness (QED) is 0.669. The summed E-state index contributed by atoms with van der Waals surface area (Å²) >= 11 is 5.25. The molecule has 1 aromatic carbocycles. The Hall–Kier alpha value is -2.80. The molecule has 1 saturated carbocycles. The van der Waals surface area contributed by atoms with E-state index in [-0.39, 0.29) is 17.7 Å². The maximum atomic E-state index is 12.6. The molecule has 7 heteroatoms. The molecular weight excluding hydrogens is 408 g/mol. The van der Waals surface area contributed by atoms with E-state index in [9.17, 15) is 4.79 Å². The van der Waals surface area contributed by atoms with Crippen LogP contribution in [0.2, 0.25) is 0 Å². The van der Waals surface area contributed by atoms with Crippen molar-refractivity contribution in [3.05, 3.63) is 54.1 Å². The number of nitrogens with zero attached hydrogens (tertiary/aromatic N) is 2. The van der Waals surface area contributed by atoms with Crippen LogP contribution in [-0.4, -0.2) is 36.2 Å². The van der Waals surface area contributed by atoms with Gasteiger partial charge in [0, 0.05) is 19.0 Å². The van der Waals surface area contributed by atoms with Crippen molar-refractivity contribution in [2.24, 2.45) is 27.7 Å². The van der Waals surface area contributed by atoms with E-state index in [1.165, 1.54) is 0 Å². The molecule has 1 unspecified atom stereocenters. The van der Waals surface area contributed by atoms with Crippen molar-refractivity contribution in [3.8, 4) is 5.75 Å². The number of amides is 1. The van der Waals surface area contributed by atoms with Crippen molar-refractivity contribution >= 4 is 34.8 Å². The van der Waals surface area contributed by atoms with Crippen LogP contribution in [0.25, 0.3) is 0 Å². The molecule has 2 N–H and O–H groups in total. The molecule has 1 aromatic rings. The summed E-state index contributed by atoms with van der Waals surface area (Å²) in [5.41, 5.74) is 1.99. The fraction of sp³-hybridized carbons (Fsp3) is 0.417. The van der Waals surface area contributed by atoms with E-state index in [1.807, 2.05) is 42.5 Å². The van der Waals surface area contributed by atoms with Crippen molar-refractivity contribution in [1.82, 2.24) is 10.6 Å². The van der Waals surface area contributed by atoms with Gasteiger partial charge < -0.3 is 15.4 Å². The Kier molecular flexibility index (Phi) is 6.92. The first-order valence-corrected chi connectivity index (χ1v) is 11.2. The molecule has 162 valence electrons. The van der Waals surface area contributed by atoms with Gasteiger partial charge in [0.25, 0.3) is 0 Å². The topological polar surface area (TPSA) is 75.1 Å². The van der Waals surface area contributed by atoms with E-state index in [0.717, 1.165) is 55.1 Å². The molecule has 0 radical (unpaired) electrons. The van der Waals surface area contributed by atoms with Crippen molar-refractivity contribution in [1.29, 1.82) is 0 Å². The average Bonchev–Trinajstić information content (AvgIpc) is 2.81. The van der Waals surface area contributed by atoms with Crippen molar-refractivity contribution in [2.75, 3.05) is 13.7 Å². The highest BCUT2D eigenvalue weighted by Crippen LogP contribution is 2.29. The van der Waals surface area contributed by atoms with Crippen LogP contribution in [0.15, 0.2) is 58.6 Å². The standard InChI is InChI=1S/C24H28N4O2S/c1-30-19-6-4-5-17(13-19)15-26-23(29)18-11-9-16(10-12-18)14-25-22-20-7-2-3-8-21(20)27-24(31)28-22/h2-8,13,16,18,20H,9-12,14-15H2,1H3,(H,26,29)(H,25,28,31). The molecule has 2 aliphatic carbocycles. The summed E-state index contributed by atoms with van der Waals surface area (Å²) in [5, 5.41) is 6.71. The maximum absolute atomic E-state index is 12.6. The number of ether oxygens (including phenoxy) is 1. The number of carbonyl (C=O) groups excluding carboxylic acids is 1. The summed E-state index contributed by atoms with van der Waals surface area (Å²) in [6.07, 6.45) is 11.9. The van der Waals surface area contributed by atoms with Gasteiger partial charge in [-0.05, 0) is 67.6 Å². The first-order chi connectivity index (χ1) is 15.1. The minimum atomic E-state index is 0.0652. The Labute approximate surface area is 188 Å². The van der Waals surface area contributed by atoms with Crippen molar-refractivity contribution < 1.29 is 9.53 Å². The normalized spacial score (nSPS) is 26.1. The number of amidine groups is 1. The number of hydrogen-bond acceptors (Lipinski definition) is 4. The lowest BCUT2D eigenvalue weighted by Gasteiger charge is -2.28. The number of aliphatic imine (C=N–C) groups is 2. The van der Waals surface area contributed by atoms with E-state index in [0.29, 0.717) is 17.6 Å². The zero-order valence-corrected chi connectivity index (χ0v) is 18.5. The van der Waals surface area contributed by atoms with Gasteiger partial charge in [0.05, 0.1) is 18.7 Å². The zero-order valence-electron chi connectivity index (χ0n) is 17.7. The van der Waals surface area contributed by atoms with Gasteiger partial charge >= 0.3 is 0 Å². The molecule has 1 aliphatic heterocycles. The zero-order chi connectivity index (χ0) is 21.6. The molecule has 0 bridgehead atoms. The highest BCUT2D eigenvalue weighted by Gasteiger charge is 2.28. The third-order valence-corrected chi connectivity index (χ3v) is 6.29. The molecule has 1 atom stereocenters. The lowest BCUT2D eigenvalue weighted by atomic mass is 9.81. The molecule has 31 heavy (non-hydrogen) atoms. The highest BCUT2D eigenvalue weighted by molar-refractivity contribution is 7.80. The predicted octanol–water partition coefficient (Wildman–Crippen LogP) is 3.59. The van der Waals surface area contributed by atoms with Crippen LogP contribution in [0.5, 0.6) is 5.75 Å². The number of hydrogen-bond donors (Lipinski definition) is 2. The van der Waals surface area contributed by atoms with Crippen LogP contribution < -0.4 is 15.4 Å². The summed E-state index contributed by atoms with van der Waals surface area (Å²) in [6.45, 7) is 1.28. The number of fused-ring (bicyclic) bond motifs is 1. The van der Waals surface area contributed by atoms with E-state index in [1.54, 1.807) is 7.11 Å². The number of nitrogens with one attached hydrogen (secondary N) is 2. The molecule has 4 rings (SSSR count). The van der Waals surface area contributed by atoms with Gasteiger partial charge in [-0.15, -0.1) is 0 Å². The minimum absolute atomic E-state index is 0.0652. The molecular formula is C24H28N4O2S. The van der Waals surface area contributed by atoms with Gasteiger partial charge in [-0.1, -0.05) is 30.4 Å². The average molecular weight is 437 g/mol. The SMILES string of the molecule is COc1cccc(CNC(=O)C2CCC(CN=C3NC(=S)N=C4C=CC=CC43)CC2)c1. The lowest BCUT2D eigenvalue weighted by molar-refractivity contribution is -0.126. The van der Waals surface area contributed by atoms with Crippen LogP contribution in [0.1, 0.15) is 31.2 Å². The number of benzene rings is 1. The Morgan fingerprint density at radius 3 is 2.94 bits per heavy atom. The summed E-state index contributed by atoms with van der Waals surface area (Å²) in [5.74, 6) is 2.48. The van der Waals surface area contributed by atoms with Gasteiger partial charge in [0.1, 0.15) is 11.6 Å². The number of allylic oxidation sites excluding steroid dienone is 3. The Bertz CT molecular complexity index is 958. The Balaban J connectivity index is 1.25. The van der Waals surface area contributed by atoms with Gasteiger partial charge in [0.2, 0.25) is 5.91 Å². The van der Waals surface area contributed by atoms with E-state index in [2.05, 4.69) is 21.7 Å². The summed E-state index contributed by atoms with van der Waals surface area (Å²) in [4.78, 5) is 21.8. The molecule has 0 aromatic heterocycles. The first-order valence-electron chi connectivity index (χ1n) is 10.8. The second-order valence-electron chi connectivity index (χ2n) is 8.20. The van der Waals surface area contributed by atoms with Gasteiger partial charge in [0.15, 0.2) is 5.11 Å². The van der Waals surface area contributed by atoms with Gasteiger partial charge in [-0.25, -0.2) is 4.99 Å². The number of carbonyl (C=O) groups is 1. The van der Waals surface area contributed by atoms with E-state index >= 15 is 0 Å². The smallest absolute Gasteiger partial charge is 0.223 e. The molecule has 6 nitrogen and oxygen atoms in total. The lowest BCUT2D eigenvalue weighted by Crippen LogP contribution is -2.42. The fourth-order valence-corrected chi connectivity index (χ4v) is 4.50. The van der Waals surface area contributed by atoms with Gasteiger partial charge in [-0.3, -0.25) is 9.79 Å². The Morgan fingerprint density at radius 2 is 2.13 bits per heavy atom. The molecule has 0 spiro atoms. The van der Waals surface area contributed by atoms with E-state index < -0.39 is 0 Å². The third-order valence-electron chi connectivity index (χ3n) is 6.10. The molecule has 3 aliphatic rings. The van der Waals surface area contributed by atoms with Crippen LogP contribution >= 0.6 is 12.2 Å². The van der Waals surface area contributed by atoms with Gasteiger partial charge in [-0.2, -0.15) is 0 Å². The largest absolute Gasteiger partial charge is 0.497 e. The second kappa shape index (κ2) is 10.0. The van der Waals surface area contributed by atoms with Crippen molar-refractivity contribution in [2.45, 2.75) is 32.2 Å². The van der Waals surface area contributed by atoms with Crippen LogP contribution in [0, 0.1) is 17.8 Å². The number of methoxy groups -OCH3 is 1. The monoisotopic (exact) mass is 436 g/mol. The third kappa shape index (κ3) is 5.47. The molecule has 0 saturated heterocycles. The molecule has 1 heterocycles. The Morgan fingerprint density at radius 1 is 1.29 bits per heavy atom. The molecule has 1 fully saturated rings. The highest BCUT2D eigenvalue weighted by atomic mass is 32.1. The summed E-state index contributed by atoms with van der Waals surface area (Å²) < 4.78 is 5.24. The summed E-state index contributed by atoms with van der Waals surface area (Å²) in [7, 11) is 1.65. The predicted molar refractivity (Wildman–Crippen MR) is 128 cm³/mol. The van der Waals surface area contributed by atoms with Crippen LogP contribution in [0.3, 0.4) is 0 Å². The summed E-state index contributed by atoms with van der Waals surface area (Å²) in [6, 6.07) is 7.79. The fourth-order valence-electron chi connectivity index (χ4n) is 4.29. The minimum Gasteiger partial charge on any atom is -0.497 e. The van der Waals surface area contributed by atoms with Crippen LogP contribution in [-0.2, 0) is 11.3 Å². The van der Waals surface area contributed by atoms with E-state index in [4.69, 9.17) is 21.9 Å². The number of thiocarbonyl (C=S) groups is 1. The van der Waals surface area contributed by atoms with Crippen molar-refractivity contribution in [3.63, 3.8) is 0 Å². The van der Waals surface area contributed by atoms with Crippen LogP contribution in [0.4, 0.5) is 0 Å². The number of rotatable bonds is 6. The maximum Gasteiger partial charge on any atom is 0.223 e.